The first-order valence-electron chi connectivity index (χ1n) is 4.49. The normalized spacial score (nSPS) is 10.6. The first-order chi connectivity index (χ1) is 7.47. The molecule has 88 valence electrons. The number of carbonyl (C=O) groups excluding carboxylic acids is 1. The lowest BCUT2D eigenvalue weighted by Crippen LogP contribution is -2.08. The topological polar surface area (TPSA) is 59.4 Å². The number of carbonyl (C=O) groups is 1. The molecule has 0 atom stereocenters. The van der Waals surface area contributed by atoms with Gasteiger partial charge < -0.3 is 9.84 Å². The molecule has 0 aromatic carbocycles. The van der Waals surface area contributed by atoms with Crippen molar-refractivity contribution in [3.63, 3.8) is 0 Å². The van der Waals surface area contributed by atoms with Crippen LogP contribution in [0, 0.1) is 6.92 Å². The molecule has 0 aliphatic heterocycles. The number of aryl methyl sites for hydroxylation is 1. The number of halogens is 2. The highest BCUT2D eigenvalue weighted by Crippen LogP contribution is 2.31. The highest BCUT2D eigenvalue weighted by atomic mass is 19.3. The van der Waals surface area contributed by atoms with Gasteiger partial charge in [-0.25, -0.2) is 8.78 Å². The van der Waals surface area contributed by atoms with Crippen molar-refractivity contribution in [2.24, 2.45) is 0 Å². The minimum Gasteiger partial charge on any atom is -0.505 e. The number of methoxy groups -OCH3 is 1. The van der Waals surface area contributed by atoms with Crippen molar-refractivity contribution in [3.05, 3.63) is 23.0 Å². The number of aromatic nitrogens is 1. The maximum absolute atomic E-state index is 12.4. The number of ether oxygens (including phenoxy) is 1. The average molecular weight is 231 g/mol. The van der Waals surface area contributed by atoms with Gasteiger partial charge in [0.05, 0.1) is 13.5 Å². The summed E-state index contributed by atoms with van der Waals surface area (Å²) in [6.07, 6.45) is -1.94. The van der Waals surface area contributed by atoms with Gasteiger partial charge >= 0.3 is 5.97 Å². The van der Waals surface area contributed by atoms with Crippen molar-refractivity contribution in [2.45, 2.75) is 19.8 Å². The number of pyridine rings is 1. The van der Waals surface area contributed by atoms with Crippen LogP contribution in [0.3, 0.4) is 0 Å². The standard InChI is InChI=1S/C10H11F2NO3/c1-5-4-13-8(10(11)12)9(15)6(5)3-7(14)16-2/h4,10,15H,3H2,1-2H3. The first-order valence-corrected chi connectivity index (χ1v) is 4.49. The first kappa shape index (κ1) is 12.4. The van der Waals surface area contributed by atoms with Crippen LogP contribution in [-0.4, -0.2) is 23.2 Å². The fraction of sp³-hybridized carbons (Fsp3) is 0.400. The number of hydrogen-bond donors (Lipinski definition) is 1. The van der Waals surface area contributed by atoms with Crippen molar-refractivity contribution in [3.8, 4) is 5.75 Å². The van der Waals surface area contributed by atoms with E-state index in [0.29, 0.717) is 5.56 Å². The van der Waals surface area contributed by atoms with Crippen molar-refractivity contribution < 1.29 is 23.4 Å². The Morgan fingerprint density at radius 1 is 1.62 bits per heavy atom. The molecule has 4 nitrogen and oxygen atoms in total. The zero-order chi connectivity index (χ0) is 12.3. The van der Waals surface area contributed by atoms with E-state index >= 15 is 0 Å². The number of aromatic hydroxyl groups is 1. The Bertz CT molecular complexity index is 407. The van der Waals surface area contributed by atoms with Gasteiger partial charge in [0.25, 0.3) is 6.43 Å². The zero-order valence-corrected chi connectivity index (χ0v) is 8.83. The molecular formula is C10H11F2NO3. The number of esters is 1. The van der Waals surface area contributed by atoms with Crippen LogP contribution >= 0.6 is 0 Å². The van der Waals surface area contributed by atoms with Gasteiger partial charge in [-0.2, -0.15) is 0 Å². The van der Waals surface area contributed by atoms with Crippen LogP contribution in [0.25, 0.3) is 0 Å². The molecule has 0 spiro atoms. The molecule has 0 saturated carbocycles. The molecule has 1 N–H and O–H groups in total. The number of hydrogen-bond acceptors (Lipinski definition) is 4. The van der Waals surface area contributed by atoms with Crippen LogP contribution < -0.4 is 0 Å². The number of nitrogens with zero attached hydrogens (tertiary/aromatic N) is 1. The van der Waals surface area contributed by atoms with Crippen LogP contribution in [0.1, 0.15) is 23.2 Å². The number of rotatable bonds is 3. The molecule has 0 saturated heterocycles. The second-order valence-electron chi connectivity index (χ2n) is 3.21. The largest absolute Gasteiger partial charge is 0.505 e. The van der Waals surface area contributed by atoms with E-state index in [1.807, 2.05) is 0 Å². The lowest BCUT2D eigenvalue weighted by atomic mass is 10.1. The quantitative estimate of drug-likeness (QED) is 0.805. The van der Waals surface area contributed by atoms with E-state index in [0.717, 1.165) is 0 Å². The minimum atomic E-state index is -2.88. The lowest BCUT2D eigenvalue weighted by Gasteiger charge is -2.10. The van der Waals surface area contributed by atoms with Gasteiger partial charge in [-0.3, -0.25) is 9.78 Å². The Morgan fingerprint density at radius 2 is 2.25 bits per heavy atom. The molecule has 0 unspecified atom stereocenters. The van der Waals surface area contributed by atoms with Gasteiger partial charge in [0.1, 0.15) is 11.4 Å². The van der Waals surface area contributed by atoms with Crippen molar-refractivity contribution in [1.82, 2.24) is 4.98 Å². The summed E-state index contributed by atoms with van der Waals surface area (Å²) in [4.78, 5) is 14.4. The molecule has 1 rings (SSSR count). The van der Waals surface area contributed by atoms with Gasteiger partial charge in [-0.15, -0.1) is 0 Å². The molecule has 1 aromatic rings. The molecular weight excluding hydrogens is 220 g/mol. The molecule has 1 heterocycles. The highest BCUT2D eigenvalue weighted by Gasteiger charge is 2.20. The summed E-state index contributed by atoms with van der Waals surface area (Å²) in [5.74, 6) is -1.25. The van der Waals surface area contributed by atoms with E-state index in [9.17, 15) is 18.7 Å². The summed E-state index contributed by atoms with van der Waals surface area (Å²) in [7, 11) is 1.18. The third kappa shape index (κ3) is 2.44. The maximum atomic E-state index is 12.4. The van der Waals surface area contributed by atoms with E-state index in [2.05, 4.69) is 9.72 Å². The molecule has 0 radical (unpaired) electrons. The summed E-state index contributed by atoms with van der Waals surface area (Å²) >= 11 is 0. The smallest absolute Gasteiger partial charge is 0.310 e. The van der Waals surface area contributed by atoms with E-state index in [4.69, 9.17) is 0 Å². The third-order valence-corrected chi connectivity index (χ3v) is 2.16. The predicted octanol–water partition coefficient (Wildman–Crippen LogP) is 1.75. The molecule has 6 heteroatoms. The van der Waals surface area contributed by atoms with E-state index in [1.165, 1.54) is 13.3 Å². The molecule has 0 aliphatic carbocycles. The summed E-state index contributed by atoms with van der Waals surface area (Å²) in [5, 5.41) is 9.53. The van der Waals surface area contributed by atoms with E-state index in [-0.39, 0.29) is 12.0 Å². The van der Waals surface area contributed by atoms with E-state index in [1.54, 1.807) is 6.92 Å². The molecule has 16 heavy (non-hydrogen) atoms. The molecule has 0 fully saturated rings. The molecule has 1 aromatic heterocycles. The van der Waals surface area contributed by atoms with Crippen LogP contribution in [0.15, 0.2) is 6.20 Å². The summed E-state index contributed by atoms with van der Waals surface area (Å²) in [5.41, 5.74) is -0.131. The Balaban J connectivity index is 3.16. The fourth-order valence-corrected chi connectivity index (χ4v) is 1.25. The summed E-state index contributed by atoms with van der Waals surface area (Å²) in [6, 6.07) is 0. The van der Waals surface area contributed by atoms with Gasteiger partial charge in [0.2, 0.25) is 0 Å². The Kier molecular flexibility index (Phi) is 3.76. The van der Waals surface area contributed by atoms with Crippen molar-refractivity contribution in [2.75, 3.05) is 7.11 Å². The second-order valence-corrected chi connectivity index (χ2v) is 3.21. The maximum Gasteiger partial charge on any atom is 0.310 e. The summed E-state index contributed by atoms with van der Waals surface area (Å²) in [6.45, 7) is 1.57. The van der Waals surface area contributed by atoms with Crippen molar-refractivity contribution in [1.29, 1.82) is 0 Å². The average Bonchev–Trinajstić information content (AvgIpc) is 2.23. The monoisotopic (exact) mass is 231 g/mol. The van der Waals surface area contributed by atoms with Gasteiger partial charge in [0, 0.05) is 11.8 Å². The molecule has 0 amide bonds. The van der Waals surface area contributed by atoms with Gasteiger partial charge in [-0.1, -0.05) is 0 Å². The Labute approximate surface area is 90.9 Å². The molecule has 0 bridgehead atoms. The second kappa shape index (κ2) is 4.87. The number of alkyl halides is 2. The summed E-state index contributed by atoms with van der Waals surface area (Å²) < 4.78 is 29.2. The SMILES string of the molecule is COC(=O)Cc1c(C)cnc(C(F)F)c1O. The van der Waals surface area contributed by atoms with Crippen molar-refractivity contribution >= 4 is 5.97 Å². The Hall–Kier alpha value is -1.72. The Morgan fingerprint density at radius 3 is 2.75 bits per heavy atom. The fourth-order valence-electron chi connectivity index (χ4n) is 1.25. The third-order valence-electron chi connectivity index (χ3n) is 2.16. The lowest BCUT2D eigenvalue weighted by molar-refractivity contribution is -0.139. The van der Waals surface area contributed by atoms with Crippen LogP contribution in [0.4, 0.5) is 8.78 Å². The predicted molar refractivity (Wildman–Crippen MR) is 51.3 cm³/mol. The van der Waals surface area contributed by atoms with Gasteiger partial charge in [-0.05, 0) is 12.5 Å². The minimum absolute atomic E-state index is 0.122. The van der Waals surface area contributed by atoms with Crippen LogP contribution in [0.2, 0.25) is 0 Å². The highest BCUT2D eigenvalue weighted by molar-refractivity contribution is 5.74. The van der Waals surface area contributed by atoms with Crippen LogP contribution in [0.5, 0.6) is 5.75 Å². The van der Waals surface area contributed by atoms with E-state index < -0.39 is 23.8 Å². The van der Waals surface area contributed by atoms with Gasteiger partial charge in [0.15, 0.2) is 0 Å². The zero-order valence-electron chi connectivity index (χ0n) is 8.83. The van der Waals surface area contributed by atoms with Crippen LogP contribution in [-0.2, 0) is 16.0 Å². The molecule has 0 aliphatic rings.